The van der Waals surface area contributed by atoms with Gasteiger partial charge >= 0.3 is 0 Å². The van der Waals surface area contributed by atoms with Crippen LogP contribution in [0.4, 0.5) is 11.5 Å². The summed E-state index contributed by atoms with van der Waals surface area (Å²) in [6.45, 7) is 2.54. The monoisotopic (exact) mass is 246 g/mol. The Balaban J connectivity index is 1.76. The van der Waals surface area contributed by atoms with Crippen molar-refractivity contribution in [2.24, 2.45) is 0 Å². The van der Waals surface area contributed by atoms with Crippen molar-refractivity contribution < 1.29 is 0 Å². The first-order valence-corrected chi connectivity index (χ1v) is 6.88. The van der Waals surface area contributed by atoms with Crippen molar-refractivity contribution in [3.05, 3.63) is 18.3 Å². The Morgan fingerprint density at radius 3 is 3.06 bits per heavy atom. The second kappa shape index (κ2) is 4.76. The Morgan fingerprint density at radius 2 is 2.22 bits per heavy atom. The molecule has 0 saturated carbocycles. The van der Waals surface area contributed by atoms with E-state index in [0.29, 0.717) is 6.04 Å². The van der Waals surface area contributed by atoms with Crippen LogP contribution in [0.5, 0.6) is 0 Å². The Morgan fingerprint density at radius 1 is 1.33 bits per heavy atom. The number of nitrogens with one attached hydrogen (secondary N) is 1. The van der Waals surface area contributed by atoms with Gasteiger partial charge in [0, 0.05) is 38.9 Å². The van der Waals surface area contributed by atoms with Crippen LogP contribution in [-0.4, -0.2) is 49.2 Å². The summed E-state index contributed by atoms with van der Waals surface area (Å²) in [4.78, 5) is 9.16. The van der Waals surface area contributed by atoms with E-state index in [2.05, 4.69) is 26.2 Å². The van der Waals surface area contributed by atoms with Crippen molar-refractivity contribution in [1.29, 1.82) is 0 Å². The molecule has 2 saturated heterocycles. The van der Waals surface area contributed by atoms with Crippen molar-refractivity contribution in [3.8, 4) is 0 Å². The number of hydrogen-bond acceptors (Lipinski definition) is 4. The molecule has 0 spiro atoms. The highest BCUT2D eigenvalue weighted by Gasteiger charge is 2.37. The van der Waals surface area contributed by atoms with Gasteiger partial charge in [0.1, 0.15) is 0 Å². The molecule has 3 heterocycles. The normalized spacial score (nSPS) is 27.2. The van der Waals surface area contributed by atoms with E-state index in [1.54, 1.807) is 0 Å². The van der Waals surface area contributed by atoms with Crippen LogP contribution in [0.2, 0.25) is 0 Å². The predicted octanol–water partition coefficient (Wildman–Crippen LogP) is 1.80. The Bertz CT molecular complexity index is 418. The molecule has 4 nitrogen and oxygen atoms in total. The van der Waals surface area contributed by atoms with Crippen molar-refractivity contribution in [1.82, 2.24) is 9.88 Å². The van der Waals surface area contributed by atoms with Crippen LogP contribution in [0.3, 0.4) is 0 Å². The van der Waals surface area contributed by atoms with E-state index in [1.165, 1.54) is 38.0 Å². The molecular weight excluding hydrogens is 224 g/mol. The van der Waals surface area contributed by atoms with Gasteiger partial charge in [-0.2, -0.15) is 0 Å². The molecule has 1 aromatic heterocycles. The fourth-order valence-corrected chi connectivity index (χ4v) is 3.32. The zero-order valence-corrected chi connectivity index (χ0v) is 11.3. The molecule has 2 atom stereocenters. The van der Waals surface area contributed by atoms with Crippen LogP contribution in [-0.2, 0) is 0 Å². The van der Waals surface area contributed by atoms with E-state index in [-0.39, 0.29) is 0 Å². The van der Waals surface area contributed by atoms with Crippen molar-refractivity contribution in [2.45, 2.75) is 31.3 Å². The van der Waals surface area contributed by atoms with Gasteiger partial charge in [0.25, 0.3) is 0 Å². The first-order valence-electron chi connectivity index (χ1n) is 6.88. The van der Waals surface area contributed by atoms with Gasteiger partial charge in [-0.15, -0.1) is 0 Å². The summed E-state index contributed by atoms with van der Waals surface area (Å²) in [5.74, 6) is 1.04. The van der Waals surface area contributed by atoms with Crippen LogP contribution in [0.1, 0.15) is 19.3 Å². The molecule has 0 amide bonds. The highest BCUT2D eigenvalue weighted by Crippen LogP contribution is 2.31. The zero-order valence-electron chi connectivity index (χ0n) is 11.3. The molecule has 1 aromatic rings. The Hall–Kier alpha value is -1.29. The van der Waals surface area contributed by atoms with E-state index < -0.39 is 0 Å². The molecule has 4 heteroatoms. The maximum Gasteiger partial charge on any atom is 0.151 e. The summed E-state index contributed by atoms with van der Waals surface area (Å²) in [6, 6.07) is 5.48. The van der Waals surface area contributed by atoms with E-state index >= 15 is 0 Å². The minimum absolute atomic E-state index is 0.593. The molecule has 2 unspecified atom stereocenters. The van der Waals surface area contributed by atoms with E-state index in [4.69, 9.17) is 0 Å². The van der Waals surface area contributed by atoms with Gasteiger partial charge in [-0.25, -0.2) is 4.98 Å². The summed E-state index contributed by atoms with van der Waals surface area (Å²) < 4.78 is 0. The lowest BCUT2D eigenvalue weighted by atomic mass is 10.1. The summed E-state index contributed by atoms with van der Waals surface area (Å²) >= 11 is 0. The fraction of sp³-hybridized carbons (Fsp3) is 0.643. The second-order valence-electron chi connectivity index (χ2n) is 5.55. The molecule has 0 bridgehead atoms. The summed E-state index contributed by atoms with van der Waals surface area (Å²) in [7, 11) is 4.09. The summed E-state index contributed by atoms with van der Waals surface area (Å²) in [5, 5.41) is 3.72. The van der Waals surface area contributed by atoms with Crippen LogP contribution < -0.4 is 10.2 Å². The molecule has 3 rings (SSSR count). The number of anilines is 2. The van der Waals surface area contributed by atoms with Crippen molar-refractivity contribution in [2.75, 3.05) is 37.4 Å². The van der Waals surface area contributed by atoms with Gasteiger partial charge in [-0.05, 0) is 37.9 Å². The smallest absolute Gasteiger partial charge is 0.151 e. The highest BCUT2D eigenvalue weighted by molar-refractivity contribution is 5.65. The number of rotatable bonds is 3. The molecule has 0 radical (unpaired) electrons. The SMILES string of the molecule is CN(C)c1ncccc1NC1CCN2CCCC12. The quantitative estimate of drug-likeness (QED) is 0.881. The van der Waals surface area contributed by atoms with E-state index in [9.17, 15) is 0 Å². The standard InChI is InChI=1S/C14H22N4/c1-17(2)14-12(5-3-8-15-14)16-11-7-10-18-9-4-6-13(11)18/h3,5,8,11,13,16H,4,6-7,9-10H2,1-2H3. The molecule has 2 fully saturated rings. The average molecular weight is 246 g/mol. The maximum atomic E-state index is 4.46. The van der Waals surface area contributed by atoms with Crippen molar-refractivity contribution in [3.63, 3.8) is 0 Å². The van der Waals surface area contributed by atoms with Crippen LogP contribution in [0, 0.1) is 0 Å². The third-order valence-electron chi connectivity index (χ3n) is 4.16. The first-order chi connectivity index (χ1) is 8.75. The summed E-state index contributed by atoms with van der Waals surface area (Å²) in [5.41, 5.74) is 1.17. The lowest BCUT2D eigenvalue weighted by Crippen LogP contribution is -2.34. The maximum absolute atomic E-state index is 4.46. The molecular formula is C14H22N4. The number of hydrogen-bond donors (Lipinski definition) is 1. The van der Waals surface area contributed by atoms with Gasteiger partial charge in [0.15, 0.2) is 5.82 Å². The minimum Gasteiger partial charge on any atom is -0.378 e. The van der Waals surface area contributed by atoms with Crippen LogP contribution in [0.15, 0.2) is 18.3 Å². The lowest BCUT2D eigenvalue weighted by Gasteiger charge is -2.24. The molecule has 2 aliphatic heterocycles. The molecule has 18 heavy (non-hydrogen) atoms. The summed E-state index contributed by atoms with van der Waals surface area (Å²) in [6.07, 6.45) is 5.81. The Kier molecular flexibility index (Phi) is 3.12. The molecule has 2 aliphatic rings. The molecule has 0 aliphatic carbocycles. The first kappa shape index (κ1) is 11.8. The number of aromatic nitrogens is 1. The second-order valence-corrected chi connectivity index (χ2v) is 5.55. The van der Waals surface area contributed by atoms with Crippen LogP contribution in [0.25, 0.3) is 0 Å². The zero-order chi connectivity index (χ0) is 12.5. The third kappa shape index (κ3) is 2.05. The van der Waals surface area contributed by atoms with Gasteiger partial charge < -0.3 is 10.2 Å². The third-order valence-corrected chi connectivity index (χ3v) is 4.16. The van der Waals surface area contributed by atoms with Gasteiger partial charge in [-0.1, -0.05) is 0 Å². The predicted molar refractivity (Wildman–Crippen MR) is 75.2 cm³/mol. The van der Waals surface area contributed by atoms with Crippen molar-refractivity contribution >= 4 is 11.5 Å². The van der Waals surface area contributed by atoms with Gasteiger partial charge in [-0.3, -0.25) is 4.90 Å². The van der Waals surface area contributed by atoms with Crippen LogP contribution >= 0.6 is 0 Å². The van der Waals surface area contributed by atoms with Gasteiger partial charge in [0.2, 0.25) is 0 Å². The van der Waals surface area contributed by atoms with E-state index in [0.717, 1.165) is 11.9 Å². The number of pyridine rings is 1. The average Bonchev–Trinajstić information content (AvgIpc) is 2.94. The minimum atomic E-state index is 0.593. The van der Waals surface area contributed by atoms with Gasteiger partial charge in [0.05, 0.1) is 5.69 Å². The lowest BCUT2D eigenvalue weighted by molar-refractivity contribution is 0.318. The molecule has 0 aromatic carbocycles. The highest BCUT2D eigenvalue weighted by atomic mass is 15.2. The fourth-order valence-electron chi connectivity index (χ4n) is 3.32. The molecule has 1 N–H and O–H groups in total. The molecule has 98 valence electrons. The number of fused-ring (bicyclic) bond motifs is 1. The Labute approximate surface area is 109 Å². The topological polar surface area (TPSA) is 31.4 Å². The largest absolute Gasteiger partial charge is 0.378 e. The number of nitrogens with zero attached hydrogens (tertiary/aromatic N) is 3. The van der Waals surface area contributed by atoms with E-state index in [1.807, 2.05) is 26.4 Å².